The van der Waals surface area contributed by atoms with Crippen LogP contribution in [-0.4, -0.2) is 34.9 Å². The van der Waals surface area contributed by atoms with E-state index in [4.69, 9.17) is 5.73 Å². The molecule has 2 heterocycles. The molecule has 0 spiro atoms. The number of likely N-dealkylation sites (tertiary alicyclic amines) is 1. The predicted octanol–water partition coefficient (Wildman–Crippen LogP) is 3.22. The Bertz CT molecular complexity index is 606. The fourth-order valence-electron chi connectivity index (χ4n) is 2.58. The summed E-state index contributed by atoms with van der Waals surface area (Å²) < 4.78 is 0. The molecule has 1 atom stereocenters. The van der Waals surface area contributed by atoms with Crippen LogP contribution in [-0.2, 0) is 0 Å². The molecule has 1 aliphatic rings. The van der Waals surface area contributed by atoms with Gasteiger partial charge in [0.05, 0.1) is 0 Å². The second-order valence-electron chi connectivity index (χ2n) is 4.93. The second kappa shape index (κ2) is 8.48. The molecule has 0 radical (unpaired) electrons. The molecule has 1 fully saturated rings. The lowest BCUT2D eigenvalue weighted by molar-refractivity contribution is 0.0736. The van der Waals surface area contributed by atoms with Crippen LogP contribution in [0.2, 0.25) is 0 Å². The third-order valence-corrected chi connectivity index (χ3v) is 4.55. The van der Waals surface area contributed by atoms with Gasteiger partial charge in [0.25, 0.3) is 5.91 Å². The molecule has 1 aliphatic heterocycles. The average molecular weight is 360 g/mol. The van der Waals surface area contributed by atoms with E-state index >= 15 is 0 Å². The summed E-state index contributed by atoms with van der Waals surface area (Å²) in [5.41, 5.74) is 7.31. The molecule has 1 unspecified atom stereocenters. The maximum absolute atomic E-state index is 12.5. The fraction of sp³-hybridized carbons (Fsp3) is 0.333. The summed E-state index contributed by atoms with van der Waals surface area (Å²) in [6.45, 7) is 1.32. The summed E-state index contributed by atoms with van der Waals surface area (Å²) in [5, 5.41) is 2.73. The molecule has 1 amide bonds. The molecular formula is C15H19Cl2N3OS. The minimum Gasteiger partial charge on any atom is -0.333 e. The van der Waals surface area contributed by atoms with Gasteiger partial charge in [0.1, 0.15) is 10.7 Å². The second-order valence-corrected chi connectivity index (χ2v) is 5.79. The number of nitrogens with two attached hydrogens (primary N) is 1. The zero-order valence-corrected chi connectivity index (χ0v) is 14.4. The van der Waals surface area contributed by atoms with E-state index in [2.05, 4.69) is 4.98 Å². The predicted molar refractivity (Wildman–Crippen MR) is 95.2 cm³/mol. The number of thiazole rings is 1. The van der Waals surface area contributed by atoms with Gasteiger partial charge in [0.15, 0.2) is 0 Å². The van der Waals surface area contributed by atoms with Crippen LogP contribution >= 0.6 is 36.2 Å². The molecular weight excluding hydrogens is 341 g/mol. The van der Waals surface area contributed by atoms with Gasteiger partial charge in [0, 0.05) is 30.1 Å². The van der Waals surface area contributed by atoms with E-state index in [1.54, 1.807) is 0 Å². The first-order chi connectivity index (χ1) is 9.79. The molecule has 1 saturated heterocycles. The molecule has 1 aromatic carbocycles. The molecule has 0 saturated carbocycles. The lowest BCUT2D eigenvalue weighted by Crippen LogP contribution is -2.40. The largest absolute Gasteiger partial charge is 0.333 e. The molecule has 2 aromatic rings. The van der Waals surface area contributed by atoms with Gasteiger partial charge in [0.2, 0.25) is 0 Å². The average Bonchev–Trinajstić information content (AvgIpc) is 3.16. The van der Waals surface area contributed by atoms with E-state index in [-0.39, 0.29) is 36.8 Å². The number of rotatable bonds is 3. The van der Waals surface area contributed by atoms with Gasteiger partial charge >= 0.3 is 0 Å². The highest BCUT2D eigenvalue weighted by molar-refractivity contribution is 7.13. The number of amides is 1. The van der Waals surface area contributed by atoms with E-state index < -0.39 is 0 Å². The zero-order valence-electron chi connectivity index (χ0n) is 12.0. The Morgan fingerprint density at radius 3 is 2.73 bits per heavy atom. The molecule has 0 aliphatic carbocycles. The normalized spacial score (nSPS) is 16.8. The Labute approximate surface area is 146 Å². The summed E-state index contributed by atoms with van der Waals surface area (Å²) in [6.07, 6.45) is 2.03. The van der Waals surface area contributed by atoms with Gasteiger partial charge in [-0.05, 0) is 12.8 Å². The van der Waals surface area contributed by atoms with Crippen molar-refractivity contribution in [2.45, 2.75) is 18.9 Å². The first-order valence-electron chi connectivity index (χ1n) is 6.81. The number of hydrogen-bond donors (Lipinski definition) is 1. The van der Waals surface area contributed by atoms with E-state index in [0.29, 0.717) is 12.2 Å². The van der Waals surface area contributed by atoms with Gasteiger partial charge in [-0.3, -0.25) is 4.79 Å². The highest BCUT2D eigenvalue weighted by atomic mass is 35.5. The Morgan fingerprint density at radius 2 is 2.05 bits per heavy atom. The number of aromatic nitrogens is 1. The van der Waals surface area contributed by atoms with Gasteiger partial charge in [-0.2, -0.15) is 0 Å². The first kappa shape index (κ1) is 18.9. The highest BCUT2D eigenvalue weighted by Crippen LogP contribution is 2.25. The number of halogens is 2. The third-order valence-electron chi connectivity index (χ3n) is 3.65. The molecule has 4 nitrogen and oxygen atoms in total. The minimum atomic E-state index is 0. The van der Waals surface area contributed by atoms with E-state index in [0.717, 1.165) is 30.0 Å². The smallest absolute Gasteiger partial charge is 0.273 e. The summed E-state index contributed by atoms with van der Waals surface area (Å²) in [6, 6.07) is 10.1. The monoisotopic (exact) mass is 359 g/mol. The maximum Gasteiger partial charge on any atom is 0.273 e. The lowest BCUT2D eigenvalue weighted by atomic mass is 10.2. The summed E-state index contributed by atoms with van der Waals surface area (Å²) in [7, 11) is 0. The van der Waals surface area contributed by atoms with Crippen LogP contribution in [0.5, 0.6) is 0 Å². The Balaban J connectivity index is 0.00000121. The van der Waals surface area contributed by atoms with Crippen molar-refractivity contribution in [2.24, 2.45) is 5.73 Å². The Hall–Kier alpha value is -1.14. The lowest BCUT2D eigenvalue weighted by Gasteiger charge is -2.22. The van der Waals surface area contributed by atoms with Crippen molar-refractivity contribution < 1.29 is 4.79 Å². The Kier molecular flexibility index (Phi) is 7.29. The SMILES string of the molecule is Cl.Cl.NCC1CCCN1C(=O)c1csc(-c2ccccc2)n1. The zero-order chi connectivity index (χ0) is 13.9. The van der Waals surface area contributed by atoms with E-state index in [1.165, 1.54) is 11.3 Å². The van der Waals surface area contributed by atoms with Crippen molar-refractivity contribution in [3.8, 4) is 10.6 Å². The van der Waals surface area contributed by atoms with Crippen molar-refractivity contribution in [3.05, 3.63) is 41.4 Å². The molecule has 120 valence electrons. The fourth-order valence-corrected chi connectivity index (χ4v) is 3.38. The van der Waals surface area contributed by atoms with Crippen molar-refractivity contribution in [2.75, 3.05) is 13.1 Å². The number of carbonyl (C=O) groups excluding carboxylic acids is 1. The third kappa shape index (κ3) is 3.79. The standard InChI is InChI=1S/C15H17N3OS.2ClH/c16-9-12-7-4-8-18(12)15(19)13-10-20-14(17-13)11-5-2-1-3-6-11;;/h1-3,5-6,10,12H,4,7-9,16H2;2*1H. The van der Waals surface area contributed by atoms with Crippen molar-refractivity contribution in [3.63, 3.8) is 0 Å². The van der Waals surface area contributed by atoms with Crippen molar-refractivity contribution in [1.29, 1.82) is 0 Å². The highest BCUT2D eigenvalue weighted by Gasteiger charge is 2.29. The van der Waals surface area contributed by atoms with Crippen LogP contribution in [0.15, 0.2) is 35.7 Å². The van der Waals surface area contributed by atoms with E-state index in [1.807, 2.05) is 40.6 Å². The van der Waals surface area contributed by atoms with Crippen LogP contribution in [0.4, 0.5) is 0 Å². The van der Waals surface area contributed by atoms with Crippen LogP contribution in [0, 0.1) is 0 Å². The van der Waals surface area contributed by atoms with Gasteiger partial charge in [-0.1, -0.05) is 30.3 Å². The molecule has 3 rings (SSSR count). The van der Waals surface area contributed by atoms with Gasteiger partial charge < -0.3 is 10.6 Å². The quantitative estimate of drug-likeness (QED) is 0.914. The molecule has 22 heavy (non-hydrogen) atoms. The molecule has 7 heteroatoms. The van der Waals surface area contributed by atoms with Gasteiger partial charge in [-0.25, -0.2) is 4.98 Å². The number of carbonyl (C=O) groups is 1. The molecule has 1 aromatic heterocycles. The van der Waals surface area contributed by atoms with Crippen molar-refractivity contribution >= 4 is 42.1 Å². The van der Waals surface area contributed by atoms with Crippen LogP contribution in [0.3, 0.4) is 0 Å². The number of hydrogen-bond acceptors (Lipinski definition) is 4. The first-order valence-corrected chi connectivity index (χ1v) is 7.69. The van der Waals surface area contributed by atoms with Crippen LogP contribution < -0.4 is 5.73 Å². The topological polar surface area (TPSA) is 59.2 Å². The number of nitrogens with zero attached hydrogens (tertiary/aromatic N) is 2. The van der Waals surface area contributed by atoms with Crippen molar-refractivity contribution in [1.82, 2.24) is 9.88 Å². The van der Waals surface area contributed by atoms with Crippen LogP contribution in [0.25, 0.3) is 10.6 Å². The van der Waals surface area contributed by atoms with E-state index in [9.17, 15) is 4.79 Å². The minimum absolute atomic E-state index is 0. The summed E-state index contributed by atoms with van der Waals surface area (Å²) in [4.78, 5) is 18.8. The molecule has 0 bridgehead atoms. The summed E-state index contributed by atoms with van der Waals surface area (Å²) in [5.74, 6) is 0.0105. The number of benzene rings is 1. The van der Waals surface area contributed by atoms with Gasteiger partial charge in [-0.15, -0.1) is 36.2 Å². The molecule has 2 N–H and O–H groups in total. The maximum atomic E-state index is 12.5. The summed E-state index contributed by atoms with van der Waals surface area (Å²) >= 11 is 1.51. The van der Waals surface area contributed by atoms with Crippen LogP contribution in [0.1, 0.15) is 23.3 Å². The Morgan fingerprint density at radius 1 is 1.32 bits per heavy atom.